The Labute approximate surface area is 117 Å². The summed E-state index contributed by atoms with van der Waals surface area (Å²) in [5.41, 5.74) is 0.917. The fraction of sp³-hybridized carbons (Fsp3) is 0.429. The monoisotopic (exact) mass is 271 g/mol. The van der Waals surface area contributed by atoms with E-state index in [1.807, 2.05) is 24.0 Å². The molecule has 1 aliphatic rings. The van der Waals surface area contributed by atoms with Gasteiger partial charge in [0, 0.05) is 25.4 Å². The summed E-state index contributed by atoms with van der Waals surface area (Å²) in [5, 5.41) is 4.41. The second-order valence-corrected chi connectivity index (χ2v) is 4.96. The average molecular weight is 271 g/mol. The molecular formula is C14H17N5O. The van der Waals surface area contributed by atoms with Crippen LogP contribution in [-0.4, -0.2) is 37.1 Å². The number of aryl methyl sites for hydroxylation is 1. The molecule has 6 heteroatoms. The van der Waals surface area contributed by atoms with Crippen LogP contribution < -0.4 is 0 Å². The van der Waals surface area contributed by atoms with Gasteiger partial charge in [0.15, 0.2) is 5.82 Å². The minimum absolute atomic E-state index is 0.207. The summed E-state index contributed by atoms with van der Waals surface area (Å²) < 4.78 is 1.79. The number of nitrogens with zero attached hydrogens (tertiary/aromatic N) is 5. The van der Waals surface area contributed by atoms with Gasteiger partial charge in [0.2, 0.25) is 5.91 Å². The predicted octanol–water partition coefficient (Wildman–Crippen LogP) is 1.48. The third-order valence-electron chi connectivity index (χ3n) is 3.44. The fourth-order valence-electron chi connectivity index (χ4n) is 2.45. The van der Waals surface area contributed by atoms with Crippen LogP contribution in [0.5, 0.6) is 0 Å². The molecule has 1 amide bonds. The Bertz CT molecular complexity index is 607. The number of rotatable bonds is 3. The van der Waals surface area contributed by atoms with E-state index in [1.54, 1.807) is 17.1 Å². The van der Waals surface area contributed by atoms with Crippen molar-refractivity contribution in [3.8, 4) is 5.69 Å². The Hall–Kier alpha value is -2.24. The van der Waals surface area contributed by atoms with Gasteiger partial charge in [-0.2, -0.15) is 5.10 Å². The van der Waals surface area contributed by atoms with Gasteiger partial charge in [-0.3, -0.25) is 9.78 Å². The zero-order valence-corrected chi connectivity index (χ0v) is 11.5. The highest BCUT2D eigenvalue weighted by Crippen LogP contribution is 2.15. The zero-order chi connectivity index (χ0) is 13.9. The molecule has 0 aliphatic carbocycles. The number of hydrogen-bond acceptors (Lipinski definition) is 4. The number of hydrogen-bond donors (Lipinski definition) is 0. The van der Waals surface area contributed by atoms with Gasteiger partial charge >= 0.3 is 0 Å². The maximum absolute atomic E-state index is 11.9. The summed E-state index contributed by atoms with van der Waals surface area (Å²) in [6.07, 6.45) is 6.15. The van der Waals surface area contributed by atoms with Gasteiger partial charge in [0.1, 0.15) is 5.82 Å². The molecule has 0 bridgehead atoms. The van der Waals surface area contributed by atoms with Gasteiger partial charge in [-0.1, -0.05) is 0 Å². The van der Waals surface area contributed by atoms with E-state index in [4.69, 9.17) is 0 Å². The molecule has 3 rings (SSSR count). The first-order chi connectivity index (χ1) is 9.74. The van der Waals surface area contributed by atoms with Gasteiger partial charge in [-0.25, -0.2) is 9.67 Å². The molecule has 20 heavy (non-hydrogen) atoms. The molecule has 1 saturated heterocycles. The predicted molar refractivity (Wildman–Crippen MR) is 73.2 cm³/mol. The van der Waals surface area contributed by atoms with Crippen LogP contribution >= 0.6 is 0 Å². The average Bonchev–Trinajstić information content (AvgIpc) is 2.83. The van der Waals surface area contributed by atoms with E-state index < -0.39 is 0 Å². The normalized spacial score (nSPS) is 15.7. The van der Waals surface area contributed by atoms with Crippen LogP contribution in [0.25, 0.3) is 5.69 Å². The molecule has 0 aromatic carbocycles. The summed E-state index contributed by atoms with van der Waals surface area (Å²) >= 11 is 0. The van der Waals surface area contributed by atoms with Crippen molar-refractivity contribution < 1.29 is 4.79 Å². The molecule has 2 aromatic heterocycles. The molecule has 104 valence electrons. The lowest BCUT2D eigenvalue weighted by Gasteiger charge is -2.26. The zero-order valence-electron chi connectivity index (χ0n) is 11.5. The van der Waals surface area contributed by atoms with Crippen molar-refractivity contribution in [3.05, 3.63) is 36.2 Å². The van der Waals surface area contributed by atoms with Crippen LogP contribution in [0.3, 0.4) is 0 Å². The lowest BCUT2D eigenvalue weighted by Crippen LogP contribution is -2.35. The topological polar surface area (TPSA) is 63.9 Å². The minimum atomic E-state index is 0.207. The Kier molecular flexibility index (Phi) is 3.45. The van der Waals surface area contributed by atoms with Crippen molar-refractivity contribution in [3.63, 3.8) is 0 Å². The first kappa shape index (κ1) is 12.8. The van der Waals surface area contributed by atoms with E-state index in [0.717, 1.165) is 30.9 Å². The molecule has 0 saturated carbocycles. The Morgan fingerprint density at radius 2 is 2.05 bits per heavy atom. The Morgan fingerprint density at radius 3 is 2.80 bits per heavy atom. The smallest absolute Gasteiger partial charge is 0.222 e. The maximum atomic E-state index is 11.9. The quantitative estimate of drug-likeness (QED) is 0.848. The molecule has 1 fully saturated rings. The highest BCUT2D eigenvalue weighted by molar-refractivity contribution is 5.76. The van der Waals surface area contributed by atoms with Gasteiger partial charge in [0.05, 0.1) is 12.2 Å². The molecule has 1 aliphatic heterocycles. The largest absolute Gasteiger partial charge is 0.335 e. The lowest BCUT2D eigenvalue weighted by molar-refractivity contribution is -0.134. The number of likely N-dealkylation sites (tertiary alicyclic amines) is 1. The van der Waals surface area contributed by atoms with E-state index in [2.05, 4.69) is 15.1 Å². The summed E-state index contributed by atoms with van der Waals surface area (Å²) in [6, 6.07) is 3.77. The Balaban J connectivity index is 1.88. The minimum Gasteiger partial charge on any atom is -0.335 e. The summed E-state index contributed by atoms with van der Waals surface area (Å²) in [7, 11) is 0. The number of carbonyl (C=O) groups excluding carboxylic acids is 1. The van der Waals surface area contributed by atoms with Crippen molar-refractivity contribution in [1.29, 1.82) is 0 Å². The molecule has 0 spiro atoms. The highest BCUT2D eigenvalue weighted by atomic mass is 16.2. The summed E-state index contributed by atoms with van der Waals surface area (Å²) in [6.45, 7) is 3.18. The van der Waals surface area contributed by atoms with Crippen molar-refractivity contribution in [2.45, 2.75) is 32.7 Å². The van der Waals surface area contributed by atoms with E-state index in [1.165, 1.54) is 0 Å². The van der Waals surface area contributed by atoms with Crippen molar-refractivity contribution in [1.82, 2.24) is 24.6 Å². The maximum Gasteiger partial charge on any atom is 0.222 e. The fourth-order valence-corrected chi connectivity index (χ4v) is 2.45. The number of carbonyl (C=O) groups is 1. The van der Waals surface area contributed by atoms with Crippen molar-refractivity contribution >= 4 is 5.91 Å². The first-order valence-corrected chi connectivity index (χ1v) is 6.85. The second kappa shape index (κ2) is 5.40. The third-order valence-corrected chi connectivity index (χ3v) is 3.44. The summed E-state index contributed by atoms with van der Waals surface area (Å²) in [5.74, 6) is 1.71. The highest BCUT2D eigenvalue weighted by Gasteiger charge is 2.21. The number of aromatic nitrogens is 4. The summed E-state index contributed by atoms with van der Waals surface area (Å²) in [4.78, 5) is 22.2. The number of piperidine rings is 1. The molecule has 0 N–H and O–H groups in total. The van der Waals surface area contributed by atoms with Crippen LogP contribution in [0.2, 0.25) is 0 Å². The Morgan fingerprint density at radius 1 is 1.25 bits per heavy atom. The van der Waals surface area contributed by atoms with Gasteiger partial charge in [0.25, 0.3) is 0 Å². The van der Waals surface area contributed by atoms with E-state index >= 15 is 0 Å². The van der Waals surface area contributed by atoms with E-state index in [9.17, 15) is 4.79 Å². The van der Waals surface area contributed by atoms with E-state index in [-0.39, 0.29) is 5.91 Å². The lowest BCUT2D eigenvalue weighted by atomic mass is 10.1. The number of pyridine rings is 1. The van der Waals surface area contributed by atoms with Crippen LogP contribution in [0, 0.1) is 6.92 Å². The first-order valence-electron chi connectivity index (χ1n) is 6.85. The number of amides is 1. The van der Waals surface area contributed by atoms with Crippen LogP contribution in [0.1, 0.15) is 30.9 Å². The van der Waals surface area contributed by atoms with Gasteiger partial charge in [-0.15, -0.1) is 0 Å². The molecule has 6 nitrogen and oxygen atoms in total. The SMILES string of the molecule is Cc1nc(CN2CCCCC2=O)n(-c2ccncc2)n1. The molecule has 2 aromatic rings. The molecule has 0 unspecified atom stereocenters. The molecule has 3 heterocycles. The van der Waals surface area contributed by atoms with Crippen molar-refractivity contribution in [2.75, 3.05) is 6.54 Å². The van der Waals surface area contributed by atoms with E-state index in [0.29, 0.717) is 18.8 Å². The van der Waals surface area contributed by atoms with Gasteiger partial charge in [-0.05, 0) is 31.9 Å². The molecular weight excluding hydrogens is 254 g/mol. The van der Waals surface area contributed by atoms with Gasteiger partial charge < -0.3 is 4.90 Å². The molecule has 0 atom stereocenters. The molecule has 0 radical (unpaired) electrons. The van der Waals surface area contributed by atoms with Crippen LogP contribution in [0.15, 0.2) is 24.5 Å². The third kappa shape index (κ3) is 2.54. The van der Waals surface area contributed by atoms with Crippen molar-refractivity contribution in [2.24, 2.45) is 0 Å². The second-order valence-electron chi connectivity index (χ2n) is 4.96. The van der Waals surface area contributed by atoms with Crippen LogP contribution in [-0.2, 0) is 11.3 Å². The van der Waals surface area contributed by atoms with Crippen LogP contribution in [0.4, 0.5) is 0 Å². The standard InChI is InChI=1S/C14H17N5O/c1-11-16-13(10-18-9-3-2-4-14(18)20)19(17-11)12-5-7-15-8-6-12/h5-8H,2-4,9-10H2,1H3.